The SMILES string of the molecule is CS(=O)c1ccc([C@@H]2C[C@@]3(C)[C@@H](CC[C@@]3(O)C(F)(F)C(F)(F)F)[C@@H]3CCC4=CC(=O)CCC4=C23)cc1. The molecule has 0 amide bonds. The summed E-state index contributed by atoms with van der Waals surface area (Å²) in [7, 11) is -1.23. The van der Waals surface area contributed by atoms with Gasteiger partial charge in [-0.3, -0.25) is 9.00 Å². The molecule has 0 aliphatic heterocycles. The summed E-state index contributed by atoms with van der Waals surface area (Å²) in [6.07, 6.45) is -1.31. The Labute approximate surface area is 209 Å². The first-order valence-corrected chi connectivity index (χ1v) is 13.8. The van der Waals surface area contributed by atoms with Crippen LogP contribution in [0.15, 0.2) is 52.0 Å². The predicted molar refractivity (Wildman–Crippen MR) is 125 cm³/mol. The van der Waals surface area contributed by atoms with Crippen LogP contribution in [0.3, 0.4) is 0 Å². The van der Waals surface area contributed by atoms with Crippen molar-refractivity contribution in [3.05, 3.63) is 52.6 Å². The Hall–Kier alpha value is -1.87. The second kappa shape index (κ2) is 8.32. The number of carbonyl (C=O) groups excluding carboxylic acids is 1. The quantitative estimate of drug-likeness (QED) is 0.472. The maximum Gasteiger partial charge on any atom is 0.456 e. The normalized spacial score (nSPS) is 35.6. The van der Waals surface area contributed by atoms with Crippen molar-refractivity contribution in [3.8, 4) is 0 Å². The Morgan fingerprint density at radius 3 is 2.31 bits per heavy atom. The van der Waals surface area contributed by atoms with E-state index >= 15 is 0 Å². The van der Waals surface area contributed by atoms with E-state index in [9.17, 15) is 36.1 Å². The van der Waals surface area contributed by atoms with Gasteiger partial charge in [-0.2, -0.15) is 22.0 Å². The van der Waals surface area contributed by atoms with Crippen LogP contribution in [-0.2, 0) is 15.6 Å². The van der Waals surface area contributed by atoms with Crippen molar-refractivity contribution in [3.63, 3.8) is 0 Å². The molecule has 9 heteroatoms. The van der Waals surface area contributed by atoms with Crippen molar-refractivity contribution in [2.75, 3.05) is 6.26 Å². The molecule has 1 aromatic carbocycles. The first kappa shape index (κ1) is 25.8. The number of aliphatic hydroxyl groups is 1. The molecule has 36 heavy (non-hydrogen) atoms. The maximum atomic E-state index is 15.0. The second-order valence-electron chi connectivity index (χ2n) is 11.0. The van der Waals surface area contributed by atoms with Crippen LogP contribution < -0.4 is 0 Å². The summed E-state index contributed by atoms with van der Waals surface area (Å²) in [6.45, 7) is 1.41. The highest BCUT2D eigenvalue weighted by atomic mass is 32.2. The van der Waals surface area contributed by atoms with Gasteiger partial charge in [-0.15, -0.1) is 0 Å². The summed E-state index contributed by atoms with van der Waals surface area (Å²) in [4.78, 5) is 12.7. The molecule has 2 fully saturated rings. The monoisotopic (exact) mass is 528 g/mol. The summed E-state index contributed by atoms with van der Waals surface area (Å²) in [6, 6.07) is 6.90. The molecule has 0 bridgehead atoms. The zero-order chi connectivity index (χ0) is 26.3. The van der Waals surface area contributed by atoms with E-state index < -0.39 is 52.2 Å². The molecule has 1 N–H and O–H groups in total. The smallest absolute Gasteiger partial charge is 0.383 e. The van der Waals surface area contributed by atoms with Crippen molar-refractivity contribution in [2.45, 2.75) is 80.4 Å². The van der Waals surface area contributed by atoms with Crippen LogP contribution in [0.2, 0.25) is 0 Å². The first-order valence-electron chi connectivity index (χ1n) is 12.3. The fourth-order valence-corrected chi connectivity index (χ4v) is 8.13. The molecule has 0 heterocycles. The van der Waals surface area contributed by atoms with E-state index in [1.54, 1.807) is 30.3 Å². The van der Waals surface area contributed by atoms with Gasteiger partial charge in [-0.25, -0.2) is 0 Å². The lowest BCUT2D eigenvalue weighted by Crippen LogP contribution is -2.65. The summed E-state index contributed by atoms with van der Waals surface area (Å²) in [5.74, 6) is -6.49. The maximum absolute atomic E-state index is 15.0. The summed E-state index contributed by atoms with van der Waals surface area (Å²) in [5, 5.41) is 11.3. The van der Waals surface area contributed by atoms with Gasteiger partial charge in [0.2, 0.25) is 0 Å². The fourth-order valence-electron chi connectivity index (χ4n) is 7.61. The van der Waals surface area contributed by atoms with Crippen LogP contribution in [0, 0.1) is 17.3 Å². The lowest BCUT2D eigenvalue weighted by Gasteiger charge is -2.56. The topological polar surface area (TPSA) is 54.4 Å². The molecule has 196 valence electrons. The number of carbonyl (C=O) groups is 1. The van der Waals surface area contributed by atoms with Gasteiger partial charge in [0, 0.05) is 39.7 Å². The minimum absolute atomic E-state index is 0.0415. The Kier molecular flexibility index (Phi) is 5.95. The van der Waals surface area contributed by atoms with Gasteiger partial charge in [0.15, 0.2) is 5.78 Å². The van der Waals surface area contributed by atoms with Crippen molar-refractivity contribution in [1.29, 1.82) is 0 Å². The molecule has 2 saturated carbocycles. The first-order chi connectivity index (χ1) is 16.7. The van der Waals surface area contributed by atoms with E-state index in [1.807, 2.05) is 0 Å². The Balaban J connectivity index is 1.69. The Morgan fingerprint density at radius 1 is 1.03 bits per heavy atom. The molecule has 5 rings (SSSR count). The zero-order valence-corrected chi connectivity index (χ0v) is 20.9. The number of allylic oxidation sites excluding steroid dienone is 4. The van der Waals surface area contributed by atoms with Gasteiger partial charge in [0.1, 0.15) is 5.60 Å². The Morgan fingerprint density at radius 2 is 1.69 bits per heavy atom. The highest BCUT2D eigenvalue weighted by Crippen LogP contribution is 2.70. The number of fused-ring (bicyclic) bond motifs is 4. The molecular formula is C27H29F5O3S. The van der Waals surface area contributed by atoms with Gasteiger partial charge in [-0.05, 0) is 85.3 Å². The van der Waals surface area contributed by atoms with Crippen LogP contribution in [-0.4, -0.2) is 39.1 Å². The van der Waals surface area contributed by atoms with Gasteiger partial charge < -0.3 is 5.11 Å². The van der Waals surface area contributed by atoms with Gasteiger partial charge >= 0.3 is 12.1 Å². The standard InChI is InChI=1S/C27H29F5O3S/c1-24-14-21(15-3-7-18(8-4-15)36(2)35)23-19-10-6-17(33)13-16(19)5-9-20(23)22(24)11-12-25(24,34)26(28,29)27(30,31)32/h3-4,7-8,13,20-22,34H,5-6,9-12,14H2,1-2H3/t20-,21-,22-,24-,25-,36?/m0/s1. The molecule has 1 aromatic rings. The van der Waals surface area contributed by atoms with Crippen LogP contribution in [0.25, 0.3) is 0 Å². The number of hydrogen-bond donors (Lipinski definition) is 1. The number of benzene rings is 1. The fraction of sp³-hybridized carbons (Fsp3) is 0.593. The summed E-state index contributed by atoms with van der Waals surface area (Å²) >= 11 is 0. The van der Waals surface area contributed by atoms with E-state index in [0.717, 1.165) is 22.3 Å². The van der Waals surface area contributed by atoms with Crippen molar-refractivity contribution >= 4 is 16.6 Å². The number of alkyl halides is 5. The molecule has 3 nitrogen and oxygen atoms in total. The predicted octanol–water partition coefficient (Wildman–Crippen LogP) is 6.25. The minimum Gasteiger partial charge on any atom is -0.383 e. The number of hydrogen-bond acceptors (Lipinski definition) is 3. The largest absolute Gasteiger partial charge is 0.456 e. The minimum atomic E-state index is -5.87. The Bertz CT molecular complexity index is 1180. The van der Waals surface area contributed by atoms with Gasteiger partial charge in [-0.1, -0.05) is 24.6 Å². The van der Waals surface area contributed by atoms with Gasteiger partial charge in [0.25, 0.3) is 0 Å². The summed E-state index contributed by atoms with van der Waals surface area (Å²) < 4.78 is 82.7. The third kappa shape index (κ3) is 3.51. The van der Waals surface area contributed by atoms with Crippen LogP contribution >= 0.6 is 0 Å². The average Bonchev–Trinajstić information content (AvgIpc) is 3.09. The van der Waals surface area contributed by atoms with Crippen molar-refractivity contribution in [2.24, 2.45) is 17.3 Å². The van der Waals surface area contributed by atoms with Crippen LogP contribution in [0.1, 0.15) is 63.4 Å². The van der Waals surface area contributed by atoms with E-state index in [4.69, 9.17) is 0 Å². The zero-order valence-electron chi connectivity index (χ0n) is 20.1. The van der Waals surface area contributed by atoms with E-state index in [2.05, 4.69) is 0 Å². The number of halogens is 5. The van der Waals surface area contributed by atoms with E-state index in [1.165, 1.54) is 13.2 Å². The van der Waals surface area contributed by atoms with Crippen LogP contribution in [0.4, 0.5) is 22.0 Å². The molecule has 0 saturated heterocycles. The molecule has 6 atom stereocenters. The van der Waals surface area contributed by atoms with Crippen LogP contribution in [0.5, 0.6) is 0 Å². The third-order valence-electron chi connectivity index (χ3n) is 9.38. The lowest BCUT2D eigenvalue weighted by molar-refractivity contribution is -0.362. The number of ketones is 1. The highest BCUT2D eigenvalue weighted by Gasteiger charge is 2.79. The average molecular weight is 529 g/mol. The third-order valence-corrected chi connectivity index (χ3v) is 10.3. The molecule has 4 aliphatic rings. The second-order valence-corrected chi connectivity index (χ2v) is 12.4. The van der Waals surface area contributed by atoms with Crippen molar-refractivity contribution in [1.82, 2.24) is 0 Å². The van der Waals surface area contributed by atoms with E-state index in [0.29, 0.717) is 30.6 Å². The molecule has 0 radical (unpaired) electrons. The number of rotatable bonds is 3. The van der Waals surface area contributed by atoms with Gasteiger partial charge in [0.05, 0.1) is 0 Å². The molecule has 4 aliphatic carbocycles. The molecular weight excluding hydrogens is 499 g/mol. The highest BCUT2D eigenvalue weighted by molar-refractivity contribution is 7.84. The van der Waals surface area contributed by atoms with Crippen molar-refractivity contribution < 1.29 is 36.1 Å². The lowest BCUT2D eigenvalue weighted by atomic mass is 9.50. The molecule has 1 unspecified atom stereocenters. The summed E-state index contributed by atoms with van der Waals surface area (Å²) in [5.41, 5.74) is -1.18. The molecule has 0 aromatic heterocycles. The van der Waals surface area contributed by atoms with E-state index in [-0.39, 0.29) is 24.5 Å². The molecule has 0 spiro atoms.